The third-order valence-corrected chi connectivity index (χ3v) is 4.42. The topological polar surface area (TPSA) is 136 Å². The summed E-state index contributed by atoms with van der Waals surface area (Å²) in [7, 11) is 0. The van der Waals surface area contributed by atoms with Gasteiger partial charge in [-0.1, -0.05) is 44.1 Å². The Bertz CT molecular complexity index is 1120. The first-order valence-corrected chi connectivity index (χ1v) is 10.1. The van der Waals surface area contributed by atoms with Crippen LogP contribution in [0.4, 0.5) is 5.82 Å². The van der Waals surface area contributed by atoms with Crippen LogP contribution in [0.5, 0.6) is 0 Å². The van der Waals surface area contributed by atoms with Crippen molar-refractivity contribution in [3.8, 4) is 11.8 Å². The van der Waals surface area contributed by atoms with Crippen LogP contribution in [0.25, 0.3) is 5.69 Å². The zero-order valence-electron chi connectivity index (χ0n) is 18.2. The number of carbonyl (C=O) groups excluding carboxylic acids is 2. The van der Waals surface area contributed by atoms with Gasteiger partial charge in [-0.3, -0.25) is 9.59 Å². The molecule has 1 amide bonds. The summed E-state index contributed by atoms with van der Waals surface area (Å²) in [5, 5.41) is 20.0. The van der Waals surface area contributed by atoms with Gasteiger partial charge in [0.1, 0.15) is 11.6 Å². The van der Waals surface area contributed by atoms with Crippen LogP contribution in [0.2, 0.25) is 0 Å². The number of nitriles is 1. The predicted octanol–water partition coefficient (Wildman–Crippen LogP) is 2.93. The predicted molar refractivity (Wildman–Crippen MR) is 114 cm³/mol. The minimum atomic E-state index is -0.570. The van der Waals surface area contributed by atoms with E-state index in [1.165, 1.54) is 10.9 Å². The lowest BCUT2D eigenvalue weighted by Crippen LogP contribution is -2.22. The molecule has 2 aromatic heterocycles. The van der Waals surface area contributed by atoms with Gasteiger partial charge in [0.15, 0.2) is 18.2 Å². The number of aryl methyl sites for hydroxylation is 1. The van der Waals surface area contributed by atoms with Crippen LogP contribution in [0.1, 0.15) is 50.9 Å². The number of anilines is 1. The van der Waals surface area contributed by atoms with Crippen LogP contribution in [0, 0.1) is 11.3 Å². The highest BCUT2D eigenvalue weighted by atomic mass is 16.5. The molecule has 0 bridgehead atoms. The number of benzene rings is 1. The highest BCUT2D eigenvalue weighted by Gasteiger charge is 2.21. The molecule has 0 saturated heterocycles. The van der Waals surface area contributed by atoms with Crippen LogP contribution in [-0.4, -0.2) is 38.4 Å². The van der Waals surface area contributed by atoms with Crippen molar-refractivity contribution in [1.29, 1.82) is 5.26 Å². The Kier molecular flexibility index (Phi) is 7.00. The second-order valence-corrected chi connectivity index (χ2v) is 8.09. The van der Waals surface area contributed by atoms with Gasteiger partial charge in [-0.2, -0.15) is 15.3 Å². The average molecular weight is 436 g/mol. The van der Waals surface area contributed by atoms with Crippen LogP contribution >= 0.6 is 0 Å². The van der Waals surface area contributed by atoms with Crippen molar-refractivity contribution in [2.24, 2.45) is 0 Å². The van der Waals surface area contributed by atoms with Crippen molar-refractivity contribution in [3.05, 3.63) is 53.8 Å². The maximum absolute atomic E-state index is 12.3. The molecule has 0 saturated carbocycles. The molecule has 10 heteroatoms. The van der Waals surface area contributed by atoms with Gasteiger partial charge in [-0.05, 0) is 18.6 Å². The van der Waals surface area contributed by atoms with E-state index in [1.54, 1.807) is 12.1 Å². The minimum Gasteiger partial charge on any atom is -0.456 e. The van der Waals surface area contributed by atoms with Crippen LogP contribution in [-0.2, 0) is 26.2 Å². The van der Waals surface area contributed by atoms with Crippen LogP contribution < -0.4 is 5.32 Å². The number of carbonyl (C=O) groups is 2. The Labute approximate surface area is 185 Å². The minimum absolute atomic E-state index is 0.103. The molecule has 3 rings (SSSR count). The first-order chi connectivity index (χ1) is 15.3. The van der Waals surface area contributed by atoms with Crippen molar-refractivity contribution in [2.75, 3.05) is 11.9 Å². The summed E-state index contributed by atoms with van der Waals surface area (Å²) in [6, 6.07) is 11.0. The molecule has 0 aliphatic rings. The van der Waals surface area contributed by atoms with Crippen molar-refractivity contribution < 1.29 is 18.8 Å². The number of ether oxygens (including phenoxy) is 1. The second-order valence-electron chi connectivity index (χ2n) is 8.09. The molecule has 166 valence electrons. The van der Waals surface area contributed by atoms with Gasteiger partial charge in [0.25, 0.3) is 5.91 Å². The van der Waals surface area contributed by atoms with Gasteiger partial charge < -0.3 is 14.6 Å². The number of amides is 1. The van der Waals surface area contributed by atoms with E-state index in [-0.39, 0.29) is 23.2 Å². The van der Waals surface area contributed by atoms with Crippen molar-refractivity contribution in [3.63, 3.8) is 0 Å². The van der Waals surface area contributed by atoms with Crippen molar-refractivity contribution >= 4 is 17.7 Å². The molecule has 0 atom stereocenters. The average Bonchev–Trinajstić information content (AvgIpc) is 3.40. The standard InChI is InChI=1S/C22H24N6O4/c1-22(2,3)21-26-18(32-27-21)10-7-11-19(30)31-14-17(29)25-20-15(12-23)13-24-28(20)16-8-5-4-6-9-16/h4-6,8-9,13H,7,10-11,14H2,1-3H3,(H,25,29). The molecule has 3 aromatic rings. The molecular weight excluding hydrogens is 412 g/mol. The number of hydrogen-bond acceptors (Lipinski definition) is 8. The van der Waals surface area contributed by atoms with E-state index in [4.69, 9.17) is 9.26 Å². The first kappa shape index (κ1) is 22.7. The Morgan fingerprint density at radius 3 is 2.66 bits per heavy atom. The molecule has 0 unspecified atom stereocenters. The zero-order valence-corrected chi connectivity index (χ0v) is 18.2. The largest absolute Gasteiger partial charge is 0.456 e. The fourth-order valence-corrected chi connectivity index (χ4v) is 2.75. The number of aromatic nitrogens is 4. The smallest absolute Gasteiger partial charge is 0.306 e. The van der Waals surface area contributed by atoms with E-state index in [0.717, 1.165) is 0 Å². The summed E-state index contributed by atoms with van der Waals surface area (Å²) >= 11 is 0. The van der Waals surface area contributed by atoms with Crippen LogP contribution in [0.15, 0.2) is 41.1 Å². The van der Waals surface area contributed by atoms with Gasteiger partial charge in [0, 0.05) is 18.3 Å². The van der Waals surface area contributed by atoms with E-state index < -0.39 is 18.5 Å². The molecule has 0 aliphatic heterocycles. The summed E-state index contributed by atoms with van der Waals surface area (Å²) in [6.07, 6.45) is 2.35. The van der Waals surface area contributed by atoms with Crippen molar-refractivity contribution in [1.82, 2.24) is 19.9 Å². The lowest BCUT2D eigenvalue weighted by Gasteiger charge is -2.10. The van der Waals surface area contributed by atoms with Gasteiger partial charge in [-0.15, -0.1) is 0 Å². The molecular formula is C22H24N6O4. The molecule has 1 aromatic carbocycles. The number of hydrogen-bond donors (Lipinski definition) is 1. The zero-order chi connectivity index (χ0) is 23.1. The summed E-state index contributed by atoms with van der Waals surface area (Å²) in [6.45, 7) is 5.47. The SMILES string of the molecule is CC(C)(C)c1noc(CCCC(=O)OCC(=O)Nc2c(C#N)cnn2-c2ccccc2)n1. The summed E-state index contributed by atoms with van der Waals surface area (Å²) < 4.78 is 11.7. The third-order valence-electron chi connectivity index (χ3n) is 4.42. The fourth-order valence-electron chi connectivity index (χ4n) is 2.75. The molecule has 1 N–H and O–H groups in total. The monoisotopic (exact) mass is 436 g/mol. The Balaban J connectivity index is 1.48. The number of nitrogens with zero attached hydrogens (tertiary/aromatic N) is 5. The fraction of sp³-hybridized carbons (Fsp3) is 0.364. The highest BCUT2D eigenvalue weighted by molar-refractivity contribution is 5.93. The normalized spacial score (nSPS) is 11.1. The molecule has 0 aliphatic carbocycles. The van der Waals surface area contributed by atoms with E-state index in [1.807, 2.05) is 45.0 Å². The molecule has 32 heavy (non-hydrogen) atoms. The number of para-hydroxylation sites is 1. The maximum Gasteiger partial charge on any atom is 0.306 e. The van der Waals surface area contributed by atoms with E-state index in [9.17, 15) is 14.9 Å². The second kappa shape index (κ2) is 9.87. The molecule has 0 spiro atoms. The van der Waals surface area contributed by atoms with E-state index >= 15 is 0 Å². The summed E-state index contributed by atoms with van der Waals surface area (Å²) in [4.78, 5) is 28.6. The third kappa shape index (κ3) is 5.78. The Morgan fingerprint density at radius 2 is 2.00 bits per heavy atom. The quantitative estimate of drug-likeness (QED) is 0.532. The molecule has 2 heterocycles. The lowest BCUT2D eigenvalue weighted by molar-refractivity contribution is -0.147. The summed E-state index contributed by atoms with van der Waals surface area (Å²) in [5.74, 6) is 0.190. The lowest BCUT2D eigenvalue weighted by atomic mass is 9.96. The first-order valence-electron chi connectivity index (χ1n) is 10.1. The Hall–Kier alpha value is -4.00. The number of nitrogens with one attached hydrogen (secondary N) is 1. The molecule has 0 radical (unpaired) electrons. The van der Waals surface area contributed by atoms with Crippen molar-refractivity contribution in [2.45, 2.75) is 45.4 Å². The molecule has 10 nitrogen and oxygen atoms in total. The van der Waals surface area contributed by atoms with Gasteiger partial charge in [-0.25, -0.2) is 4.68 Å². The maximum atomic E-state index is 12.3. The number of rotatable bonds is 8. The van der Waals surface area contributed by atoms with E-state index in [0.29, 0.717) is 30.2 Å². The Morgan fingerprint density at radius 1 is 1.25 bits per heavy atom. The van der Waals surface area contributed by atoms with Gasteiger partial charge in [0.05, 0.1) is 11.9 Å². The molecule has 0 fully saturated rings. The highest BCUT2D eigenvalue weighted by Crippen LogP contribution is 2.20. The van der Waals surface area contributed by atoms with Crippen LogP contribution in [0.3, 0.4) is 0 Å². The number of esters is 1. The van der Waals surface area contributed by atoms with E-state index in [2.05, 4.69) is 20.6 Å². The van der Waals surface area contributed by atoms with Gasteiger partial charge in [0.2, 0.25) is 5.89 Å². The van der Waals surface area contributed by atoms with Gasteiger partial charge >= 0.3 is 5.97 Å². The summed E-state index contributed by atoms with van der Waals surface area (Å²) in [5.41, 5.74) is 0.662.